The van der Waals surface area contributed by atoms with Crippen LogP contribution < -0.4 is 15.4 Å². The van der Waals surface area contributed by atoms with Gasteiger partial charge in [-0.15, -0.1) is 0 Å². The van der Waals surface area contributed by atoms with Crippen LogP contribution in [-0.2, 0) is 19.9 Å². The molecule has 1 aliphatic heterocycles. The average molecular weight is 493 g/mol. The predicted octanol–water partition coefficient (Wildman–Crippen LogP) is 2.87. The van der Waals surface area contributed by atoms with E-state index in [0.29, 0.717) is 22.0 Å². The summed E-state index contributed by atoms with van der Waals surface area (Å²) >= 11 is 12.1. The zero-order valence-corrected chi connectivity index (χ0v) is 19.7. The zero-order chi connectivity index (χ0) is 24.3. The van der Waals surface area contributed by atoms with E-state index in [9.17, 15) is 19.2 Å². The minimum absolute atomic E-state index is 0.207. The van der Waals surface area contributed by atoms with E-state index in [0.717, 1.165) is 9.80 Å². The second kappa shape index (κ2) is 9.68. The molecule has 33 heavy (non-hydrogen) atoms. The van der Waals surface area contributed by atoms with Crippen LogP contribution in [0, 0.1) is 0 Å². The van der Waals surface area contributed by atoms with Gasteiger partial charge >= 0.3 is 6.03 Å². The molecule has 1 atom stereocenters. The van der Waals surface area contributed by atoms with E-state index in [1.54, 1.807) is 36.4 Å². The molecule has 0 spiro atoms. The fourth-order valence-electron chi connectivity index (χ4n) is 3.38. The number of hydrogen-bond acceptors (Lipinski definition) is 5. The Morgan fingerprint density at radius 3 is 2.58 bits per heavy atom. The summed E-state index contributed by atoms with van der Waals surface area (Å²) < 4.78 is 5.11. The molecule has 1 aliphatic rings. The number of anilines is 1. The van der Waals surface area contributed by atoms with Gasteiger partial charge in [0.2, 0.25) is 11.8 Å². The summed E-state index contributed by atoms with van der Waals surface area (Å²) in [5.41, 5.74) is -0.598. The number of hydrogen-bond donors (Lipinski definition) is 2. The van der Waals surface area contributed by atoms with Crippen LogP contribution in [0.5, 0.6) is 5.75 Å². The molecule has 3 rings (SSSR count). The van der Waals surface area contributed by atoms with E-state index in [2.05, 4.69) is 10.6 Å². The van der Waals surface area contributed by atoms with E-state index in [1.165, 1.54) is 27.1 Å². The topological polar surface area (TPSA) is 108 Å². The van der Waals surface area contributed by atoms with Gasteiger partial charge in [0.25, 0.3) is 5.91 Å². The molecule has 1 saturated heterocycles. The van der Waals surface area contributed by atoms with Crippen LogP contribution >= 0.6 is 23.2 Å². The van der Waals surface area contributed by atoms with E-state index in [4.69, 9.17) is 27.9 Å². The number of nitrogens with zero attached hydrogens (tertiary/aromatic N) is 2. The molecule has 0 radical (unpaired) electrons. The van der Waals surface area contributed by atoms with Crippen LogP contribution in [0.15, 0.2) is 42.5 Å². The van der Waals surface area contributed by atoms with Gasteiger partial charge in [-0.1, -0.05) is 35.3 Å². The molecule has 2 N–H and O–H groups in total. The second-order valence-electron chi connectivity index (χ2n) is 7.60. The SMILES string of the molecule is COc1cccc(NC(=O)CN(C)C(=O)CN2C(=O)NC(C)(c3ccc(Cl)cc3Cl)C2=O)c1. The maximum atomic E-state index is 13.0. The fourth-order valence-corrected chi connectivity index (χ4v) is 3.98. The molecule has 0 bridgehead atoms. The Labute approximate surface area is 200 Å². The third kappa shape index (κ3) is 5.20. The van der Waals surface area contributed by atoms with Crippen molar-refractivity contribution in [3.05, 3.63) is 58.1 Å². The van der Waals surface area contributed by atoms with Gasteiger partial charge in [0, 0.05) is 34.4 Å². The van der Waals surface area contributed by atoms with Crippen molar-refractivity contribution < 1.29 is 23.9 Å². The molecule has 9 nitrogen and oxygen atoms in total. The highest BCUT2D eigenvalue weighted by Crippen LogP contribution is 2.34. The van der Waals surface area contributed by atoms with Gasteiger partial charge in [-0.25, -0.2) is 4.79 Å². The largest absolute Gasteiger partial charge is 0.497 e. The summed E-state index contributed by atoms with van der Waals surface area (Å²) in [6, 6.07) is 10.6. The van der Waals surface area contributed by atoms with E-state index < -0.39 is 35.8 Å². The summed E-state index contributed by atoms with van der Waals surface area (Å²) in [4.78, 5) is 52.4. The number of likely N-dealkylation sites (N-methyl/N-ethyl adjacent to an activating group) is 1. The van der Waals surface area contributed by atoms with Crippen molar-refractivity contribution in [1.82, 2.24) is 15.1 Å². The maximum Gasteiger partial charge on any atom is 0.325 e. The van der Waals surface area contributed by atoms with Crippen LogP contribution in [0.4, 0.5) is 10.5 Å². The number of carbonyl (C=O) groups is 4. The average Bonchev–Trinajstić information content (AvgIpc) is 2.97. The summed E-state index contributed by atoms with van der Waals surface area (Å²) in [5, 5.41) is 5.83. The Morgan fingerprint density at radius 2 is 1.91 bits per heavy atom. The standard InChI is InChI=1S/C22H22Cl2N4O5/c1-22(16-8-7-13(23)9-17(16)24)20(31)28(21(32)26-22)12-19(30)27(2)11-18(29)25-14-5-4-6-15(10-14)33-3/h4-10H,11-12H2,1-3H3,(H,25,29)(H,26,32). The number of carbonyl (C=O) groups excluding carboxylic acids is 4. The number of nitrogens with one attached hydrogen (secondary N) is 2. The third-order valence-electron chi connectivity index (χ3n) is 5.20. The van der Waals surface area contributed by atoms with Crippen LogP contribution in [0.25, 0.3) is 0 Å². The summed E-state index contributed by atoms with van der Waals surface area (Å²) in [7, 11) is 2.91. The Balaban J connectivity index is 1.64. The Hall–Kier alpha value is -3.30. The fraction of sp³-hybridized carbons (Fsp3) is 0.273. The van der Waals surface area contributed by atoms with Gasteiger partial charge in [-0.3, -0.25) is 19.3 Å². The number of imide groups is 1. The summed E-state index contributed by atoms with van der Waals surface area (Å²) in [5.74, 6) is -1.11. The summed E-state index contributed by atoms with van der Waals surface area (Å²) in [6.07, 6.45) is 0. The van der Waals surface area contributed by atoms with Crippen molar-refractivity contribution in [3.8, 4) is 5.75 Å². The molecule has 2 aromatic rings. The number of methoxy groups -OCH3 is 1. The minimum atomic E-state index is -1.46. The Morgan fingerprint density at radius 1 is 1.18 bits per heavy atom. The number of rotatable bonds is 7. The Kier molecular flexibility index (Phi) is 7.14. The molecular weight excluding hydrogens is 471 g/mol. The number of ether oxygens (including phenoxy) is 1. The maximum absolute atomic E-state index is 13.0. The van der Waals surface area contributed by atoms with Gasteiger partial charge in [0.05, 0.1) is 13.7 Å². The third-order valence-corrected chi connectivity index (χ3v) is 5.75. The van der Waals surface area contributed by atoms with Crippen molar-refractivity contribution >= 4 is 52.6 Å². The first-order valence-electron chi connectivity index (χ1n) is 9.82. The lowest BCUT2D eigenvalue weighted by molar-refractivity contribution is -0.139. The first-order valence-corrected chi connectivity index (χ1v) is 10.6. The summed E-state index contributed by atoms with van der Waals surface area (Å²) in [6.45, 7) is 0.687. The number of halogens is 2. The number of amides is 5. The lowest BCUT2D eigenvalue weighted by Gasteiger charge is -2.24. The molecule has 0 aliphatic carbocycles. The van der Waals surface area contributed by atoms with Crippen LogP contribution in [-0.4, -0.2) is 60.8 Å². The number of benzene rings is 2. The van der Waals surface area contributed by atoms with Gasteiger partial charge in [0.1, 0.15) is 17.8 Å². The highest BCUT2D eigenvalue weighted by atomic mass is 35.5. The molecule has 11 heteroatoms. The highest BCUT2D eigenvalue weighted by molar-refractivity contribution is 6.35. The van der Waals surface area contributed by atoms with Crippen LogP contribution in [0.2, 0.25) is 10.0 Å². The van der Waals surface area contributed by atoms with Crippen molar-refractivity contribution in [2.24, 2.45) is 0 Å². The normalized spacial score (nSPS) is 17.5. The number of urea groups is 1. The smallest absolute Gasteiger partial charge is 0.325 e. The minimum Gasteiger partial charge on any atom is -0.497 e. The quantitative estimate of drug-likeness (QED) is 0.577. The monoisotopic (exact) mass is 492 g/mol. The van der Waals surface area contributed by atoms with Gasteiger partial charge in [-0.05, 0) is 31.2 Å². The van der Waals surface area contributed by atoms with Crippen LogP contribution in [0.1, 0.15) is 12.5 Å². The molecule has 1 fully saturated rings. The van der Waals surface area contributed by atoms with Gasteiger partial charge in [0.15, 0.2) is 0 Å². The lowest BCUT2D eigenvalue weighted by atomic mass is 9.92. The van der Waals surface area contributed by atoms with Gasteiger partial charge in [-0.2, -0.15) is 0 Å². The van der Waals surface area contributed by atoms with E-state index >= 15 is 0 Å². The lowest BCUT2D eigenvalue weighted by Crippen LogP contribution is -2.45. The first kappa shape index (κ1) is 24.3. The van der Waals surface area contributed by atoms with Crippen molar-refractivity contribution in [2.75, 3.05) is 32.6 Å². The van der Waals surface area contributed by atoms with E-state index in [1.807, 2.05) is 0 Å². The molecular formula is C22H22Cl2N4O5. The second-order valence-corrected chi connectivity index (χ2v) is 8.44. The van der Waals surface area contributed by atoms with Crippen molar-refractivity contribution in [2.45, 2.75) is 12.5 Å². The molecule has 174 valence electrons. The molecule has 2 aromatic carbocycles. The van der Waals surface area contributed by atoms with E-state index in [-0.39, 0.29) is 11.6 Å². The Bertz CT molecular complexity index is 1130. The molecule has 0 aromatic heterocycles. The van der Waals surface area contributed by atoms with Crippen molar-refractivity contribution in [3.63, 3.8) is 0 Å². The zero-order valence-electron chi connectivity index (χ0n) is 18.1. The van der Waals surface area contributed by atoms with Crippen LogP contribution in [0.3, 0.4) is 0 Å². The molecule has 1 unspecified atom stereocenters. The first-order chi connectivity index (χ1) is 15.5. The molecule has 0 saturated carbocycles. The van der Waals surface area contributed by atoms with Crippen molar-refractivity contribution in [1.29, 1.82) is 0 Å². The predicted molar refractivity (Wildman–Crippen MR) is 123 cm³/mol. The molecule has 5 amide bonds. The van der Waals surface area contributed by atoms with Gasteiger partial charge < -0.3 is 20.3 Å². The molecule has 1 heterocycles. The highest BCUT2D eigenvalue weighted by Gasteiger charge is 2.50.